The number of hydrogen-bond acceptors (Lipinski definition) is 8. The first kappa shape index (κ1) is 27.2. The largest absolute Gasteiger partial charge is 0.493 e. The van der Waals surface area contributed by atoms with Gasteiger partial charge in [-0.3, -0.25) is 14.5 Å². The highest BCUT2D eigenvalue weighted by Crippen LogP contribution is 2.33. The summed E-state index contributed by atoms with van der Waals surface area (Å²) < 4.78 is 19.4. The van der Waals surface area contributed by atoms with Gasteiger partial charge >= 0.3 is 0 Å². The van der Waals surface area contributed by atoms with Crippen molar-refractivity contribution in [1.29, 1.82) is 0 Å². The Kier molecular flexibility index (Phi) is 8.67. The number of carbonyl (C=O) groups excluding carboxylic acids is 2. The molecule has 0 aliphatic carbocycles. The van der Waals surface area contributed by atoms with Gasteiger partial charge in [-0.15, -0.1) is 0 Å². The zero-order chi connectivity index (χ0) is 27.2. The molecule has 3 aromatic rings. The van der Waals surface area contributed by atoms with Crippen LogP contribution in [-0.4, -0.2) is 64.1 Å². The van der Waals surface area contributed by atoms with Gasteiger partial charge in [-0.2, -0.15) is 0 Å². The molecule has 1 aliphatic rings. The van der Waals surface area contributed by atoms with Crippen LogP contribution in [-0.2, 0) is 29.7 Å². The Bertz CT molecular complexity index is 1270. The summed E-state index contributed by atoms with van der Waals surface area (Å²) in [6.45, 7) is 7.39. The molecular formula is C27H36N6O5. The number of aromatic nitrogens is 3. The predicted molar refractivity (Wildman–Crippen MR) is 140 cm³/mol. The van der Waals surface area contributed by atoms with Crippen LogP contribution in [0.1, 0.15) is 37.5 Å². The Morgan fingerprint density at radius 1 is 1.26 bits per heavy atom. The first-order valence-corrected chi connectivity index (χ1v) is 12.8. The lowest BCUT2D eigenvalue weighted by molar-refractivity contribution is -0.130. The van der Waals surface area contributed by atoms with Gasteiger partial charge < -0.3 is 29.1 Å². The van der Waals surface area contributed by atoms with E-state index in [1.807, 2.05) is 54.8 Å². The van der Waals surface area contributed by atoms with E-state index < -0.39 is 6.04 Å². The third-order valence-electron chi connectivity index (χ3n) is 6.53. The number of amides is 2. The van der Waals surface area contributed by atoms with E-state index in [2.05, 4.69) is 20.6 Å². The Balaban J connectivity index is 1.62. The highest BCUT2D eigenvalue weighted by Gasteiger charge is 2.26. The minimum Gasteiger partial charge on any atom is -0.493 e. The second-order valence-electron chi connectivity index (χ2n) is 9.76. The summed E-state index contributed by atoms with van der Waals surface area (Å²) in [4.78, 5) is 37.2. The van der Waals surface area contributed by atoms with Crippen LogP contribution in [0.25, 0.3) is 11.5 Å². The topological polar surface area (TPSA) is 124 Å². The molecule has 1 aromatic carbocycles. The number of methoxy groups -OCH3 is 1. The van der Waals surface area contributed by atoms with Crippen molar-refractivity contribution in [3.63, 3.8) is 0 Å². The molecule has 4 bridgehead atoms. The summed E-state index contributed by atoms with van der Waals surface area (Å²) in [5.74, 6) is 2.44. The number of rotatable bonds is 4. The molecule has 0 fully saturated rings. The van der Waals surface area contributed by atoms with Crippen molar-refractivity contribution < 1.29 is 23.5 Å². The standard InChI is InChI=1S/C27H36N6O5/c1-17(2)25-26(35)29-14-20-18(3)38-27(30-20)19-7-8-21(36-5)22(13-19)37-12-6-10-33(16-24(34)31-25)15-23-28-9-11-32(23)4/h7-9,11,13,17,25H,6,10,12,14-16H2,1-5H3,(H,29,35)(H,31,34)/t25-/m0/s1. The number of nitrogens with one attached hydrogen (secondary N) is 2. The number of benzene rings is 1. The fraction of sp³-hybridized carbons (Fsp3) is 0.481. The highest BCUT2D eigenvalue weighted by atomic mass is 16.5. The van der Waals surface area contributed by atoms with Crippen LogP contribution in [0.2, 0.25) is 0 Å². The van der Waals surface area contributed by atoms with Gasteiger partial charge in [0.1, 0.15) is 23.3 Å². The average Bonchev–Trinajstić information content (AvgIpc) is 3.47. The molecule has 1 atom stereocenters. The van der Waals surface area contributed by atoms with E-state index in [1.54, 1.807) is 20.2 Å². The normalized spacial score (nSPS) is 17.8. The maximum absolute atomic E-state index is 13.1. The maximum atomic E-state index is 13.1. The molecule has 4 rings (SSSR count). The first-order valence-electron chi connectivity index (χ1n) is 12.8. The van der Waals surface area contributed by atoms with Gasteiger partial charge in [0.15, 0.2) is 11.5 Å². The number of carbonyl (C=O) groups is 2. The Hall–Kier alpha value is -3.86. The number of fused-ring (bicyclic) bond motifs is 5. The van der Waals surface area contributed by atoms with Gasteiger partial charge in [0.25, 0.3) is 0 Å². The SMILES string of the molecule is COc1ccc2cc1OCCCN(Cc1nccn1C)CC(=O)N[C@@H](C(C)C)C(=O)NCc1nc-2oc1C. The molecule has 1 aliphatic heterocycles. The fourth-order valence-corrected chi connectivity index (χ4v) is 4.31. The summed E-state index contributed by atoms with van der Waals surface area (Å²) in [5.41, 5.74) is 1.36. The third-order valence-corrected chi connectivity index (χ3v) is 6.53. The number of hydrogen-bond donors (Lipinski definition) is 2. The molecule has 38 heavy (non-hydrogen) atoms. The molecule has 204 valence electrons. The predicted octanol–water partition coefficient (Wildman–Crippen LogP) is 2.43. The molecule has 11 heteroatoms. The molecule has 3 heterocycles. The molecule has 11 nitrogen and oxygen atoms in total. The van der Waals surface area contributed by atoms with Crippen LogP contribution in [0.15, 0.2) is 35.0 Å². The molecule has 0 spiro atoms. The van der Waals surface area contributed by atoms with Crippen LogP contribution in [0.5, 0.6) is 11.5 Å². The van der Waals surface area contributed by atoms with Crippen molar-refractivity contribution >= 4 is 11.8 Å². The second-order valence-corrected chi connectivity index (χ2v) is 9.76. The minimum absolute atomic E-state index is 0.104. The molecule has 0 saturated carbocycles. The van der Waals surface area contributed by atoms with Crippen molar-refractivity contribution in [3.8, 4) is 23.0 Å². The van der Waals surface area contributed by atoms with E-state index in [9.17, 15) is 9.59 Å². The molecule has 2 amide bonds. The summed E-state index contributed by atoms with van der Waals surface area (Å²) in [5, 5.41) is 5.83. The van der Waals surface area contributed by atoms with Crippen LogP contribution < -0.4 is 20.1 Å². The van der Waals surface area contributed by atoms with Crippen molar-refractivity contribution in [2.45, 2.75) is 46.3 Å². The lowest BCUT2D eigenvalue weighted by atomic mass is 10.0. The van der Waals surface area contributed by atoms with Crippen LogP contribution in [0, 0.1) is 12.8 Å². The van der Waals surface area contributed by atoms with Gasteiger partial charge in [-0.1, -0.05) is 13.8 Å². The molecule has 2 aromatic heterocycles. The number of nitrogens with zero attached hydrogens (tertiary/aromatic N) is 4. The summed E-state index contributed by atoms with van der Waals surface area (Å²) >= 11 is 0. The first-order chi connectivity index (χ1) is 18.2. The smallest absolute Gasteiger partial charge is 0.243 e. The third kappa shape index (κ3) is 6.52. The molecule has 0 saturated heterocycles. The zero-order valence-electron chi connectivity index (χ0n) is 22.6. The van der Waals surface area contributed by atoms with Crippen LogP contribution >= 0.6 is 0 Å². The zero-order valence-corrected chi connectivity index (χ0v) is 22.6. The van der Waals surface area contributed by atoms with Gasteiger partial charge in [0.05, 0.1) is 33.4 Å². The van der Waals surface area contributed by atoms with Gasteiger partial charge in [-0.25, -0.2) is 9.97 Å². The monoisotopic (exact) mass is 524 g/mol. The van der Waals surface area contributed by atoms with Crippen molar-refractivity contribution in [3.05, 3.63) is 47.9 Å². The number of oxazole rings is 1. The Morgan fingerprint density at radius 3 is 2.79 bits per heavy atom. The molecule has 2 N–H and O–H groups in total. The maximum Gasteiger partial charge on any atom is 0.243 e. The molecular weight excluding hydrogens is 488 g/mol. The van der Waals surface area contributed by atoms with E-state index >= 15 is 0 Å². The summed E-state index contributed by atoms with van der Waals surface area (Å²) in [7, 11) is 3.51. The highest BCUT2D eigenvalue weighted by molar-refractivity contribution is 5.88. The number of aryl methyl sites for hydroxylation is 2. The average molecular weight is 525 g/mol. The lowest BCUT2D eigenvalue weighted by Crippen LogP contribution is -2.52. The number of ether oxygens (including phenoxy) is 2. The Labute approximate surface area is 222 Å². The van der Waals surface area contributed by atoms with Crippen molar-refractivity contribution in [2.75, 3.05) is 26.8 Å². The van der Waals surface area contributed by atoms with E-state index in [4.69, 9.17) is 13.9 Å². The van der Waals surface area contributed by atoms with E-state index in [-0.39, 0.29) is 30.8 Å². The van der Waals surface area contributed by atoms with Crippen LogP contribution in [0.3, 0.4) is 0 Å². The van der Waals surface area contributed by atoms with E-state index in [0.29, 0.717) is 55.0 Å². The van der Waals surface area contributed by atoms with Gasteiger partial charge in [0.2, 0.25) is 17.7 Å². The lowest BCUT2D eigenvalue weighted by Gasteiger charge is -2.25. The summed E-state index contributed by atoms with van der Waals surface area (Å²) in [6, 6.07) is 4.82. The fourth-order valence-electron chi connectivity index (χ4n) is 4.31. The Morgan fingerprint density at radius 2 is 2.08 bits per heavy atom. The van der Waals surface area contributed by atoms with Gasteiger partial charge in [-0.05, 0) is 37.5 Å². The van der Waals surface area contributed by atoms with E-state index in [1.165, 1.54) is 0 Å². The van der Waals surface area contributed by atoms with E-state index in [0.717, 1.165) is 11.4 Å². The molecule has 0 radical (unpaired) electrons. The van der Waals surface area contributed by atoms with Crippen LogP contribution in [0.4, 0.5) is 0 Å². The summed E-state index contributed by atoms with van der Waals surface area (Å²) in [6.07, 6.45) is 4.26. The quantitative estimate of drug-likeness (QED) is 0.534. The molecule has 0 unspecified atom stereocenters. The minimum atomic E-state index is -0.685. The second kappa shape index (κ2) is 12.1. The number of imidazole rings is 1. The van der Waals surface area contributed by atoms with Crippen molar-refractivity contribution in [1.82, 2.24) is 30.1 Å². The van der Waals surface area contributed by atoms with Crippen molar-refractivity contribution in [2.24, 2.45) is 13.0 Å². The van der Waals surface area contributed by atoms with Gasteiger partial charge in [0, 0.05) is 31.5 Å².